The van der Waals surface area contributed by atoms with Crippen molar-refractivity contribution in [3.8, 4) is 0 Å². The van der Waals surface area contributed by atoms with Crippen LogP contribution in [0.3, 0.4) is 0 Å². The van der Waals surface area contributed by atoms with Gasteiger partial charge in [0.25, 0.3) is 0 Å². The first-order valence-corrected chi connectivity index (χ1v) is 7.36. The average Bonchev–Trinajstić information content (AvgIpc) is 2.36. The third kappa shape index (κ3) is 13.2. The molecule has 0 aliphatic heterocycles. The Balaban J connectivity index is 0. The summed E-state index contributed by atoms with van der Waals surface area (Å²) in [6, 6.07) is -0.814. The van der Waals surface area contributed by atoms with Crippen molar-refractivity contribution in [1.29, 1.82) is 0 Å². The first-order valence-electron chi connectivity index (χ1n) is 6.72. The summed E-state index contributed by atoms with van der Waals surface area (Å²) in [6.45, 7) is 2.18. The molecule has 6 heteroatoms. The second-order valence-electron chi connectivity index (χ2n) is 4.45. The van der Waals surface area contributed by atoms with E-state index >= 15 is 0 Å². The summed E-state index contributed by atoms with van der Waals surface area (Å²) < 4.78 is 4.60. The number of nitrogens with two attached hydrogens (primary N) is 1. The maximum atomic E-state index is 11.3. The Hall–Kier alpha value is 0.450. The monoisotopic (exact) mass is 299 g/mol. The van der Waals surface area contributed by atoms with Gasteiger partial charge in [0.2, 0.25) is 0 Å². The zero-order chi connectivity index (χ0) is 13.8. The molecule has 1 atom stereocenters. The number of hydrogen-bond acceptors (Lipinski definition) is 5. The van der Waals surface area contributed by atoms with Gasteiger partial charge in [-0.05, 0) is 6.42 Å². The van der Waals surface area contributed by atoms with Crippen LogP contribution in [0.2, 0.25) is 0 Å². The SMILES string of the molecule is CCCCCCCCCC(=O)OC(=O)C(N)CS.[NaH]. The number of carbonyl (C=O) groups excluding carboxylic acids is 2. The first-order chi connectivity index (χ1) is 8.61. The van der Waals surface area contributed by atoms with Crippen molar-refractivity contribution in [1.82, 2.24) is 0 Å². The molecule has 0 aliphatic carbocycles. The van der Waals surface area contributed by atoms with Crippen LogP contribution in [0.1, 0.15) is 58.3 Å². The Morgan fingerprint density at radius 1 is 1.11 bits per heavy atom. The molecule has 19 heavy (non-hydrogen) atoms. The summed E-state index contributed by atoms with van der Waals surface area (Å²) in [5.74, 6) is -0.979. The van der Waals surface area contributed by atoms with Crippen molar-refractivity contribution in [2.75, 3.05) is 5.75 Å². The van der Waals surface area contributed by atoms with Crippen molar-refractivity contribution in [2.24, 2.45) is 5.73 Å². The van der Waals surface area contributed by atoms with Crippen LogP contribution < -0.4 is 5.73 Å². The Morgan fingerprint density at radius 2 is 1.63 bits per heavy atom. The van der Waals surface area contributed by atoms with E-state index in [-0.39, 0.29) is 35.3 Å². The van der Waals surface area contributed by atoms with Gasteiger partial charge in [-0.15, -0.1) is 0 Å². The number of hydrogen-bond donors (Lipinski definition) is 2. The summed E-state index contributed by atoms with van der Waals surface area (Å²) in [5, 5.41) is 0. The second kappa shape index (κ2) is 14.9. The molecule has 0 aromatic carbocycles. The van der Waals surface area contributed by atoms with Crippen LogP contribution in [0.15, 0.2) is 0 Å². The molecule has 0 saturated carbocycles. The van der Waals surface area contributed by atoms with Gasteiger partial charge in [-0.3, -0.25) is 4.79 Å². The molecule has 4 nitrogen and oxygen atoms in total. The number of thiol groups is 1. The van der Waals surface area contributed by atoms with E-state index in [1.54, 1.807) is 0 Å². The fraction of sp³-hybridized carbons (Fsp3) is 0.846. The van der Waals surface area contributed by atoms with E-state index in [1.165, 1.54) is 25.7 Å². The Morgan fingerprint density at radius 3 is 2.16 bits per heavy atom. The molecule has 108 valence electrons. The molecule has 0 fully saturated rings. The molecule has 0 aliphatic rings. The zero-order valence-electron chi connectivity index (χ0n) is 11.2. The van der Waals surface area contributed by atoms with Crippen molar-refractivity contribution in [3.63, 3.8) is 0 Å². The number of ether oxygens (including phenoxy) is 1. The Labute approximate surface area is 143 Å². The molecule has 0 saturated heterocycles. The standard InChI is InChI=1S/C13H25NO3S.Na.H/c1-2-3-4-5-6-7-8-9-12(15)17-13(16)11(14)10-18;;/h11,18H,2-10,14H2,1H3;;. The van der Waals surface area contributed by atoms with Crippen LogP contribution in [-0.4, -0.2) is 53.3 Å². The molecule has 0 radical (unpaired) electrons. The zero-order valence-corrected chi connectivity index (χ0v) is 12.1. The molecule has 0 aromatic rings. The van der Waals surface area contributed by atoms with Gasteiger partial charge in [0, 0.05) is 12.2 Å². The van der Waals surface area contributed by atoms with Crippen LogP contribution in [-0.2, 0) is 14.3 Å². The van der Waals surface area contributed by atoms with Gasteiger partial charge < -0.3 is 10.5 Å². The molecule has 0 aromatic heterocycles. The molecule has 0 rings (SSSR count). The van der Waals surface area contributed by atoms with Crippen LogP contribution in [0.4, 0.5) is 0 Å². The fourth-order valence-corrected chi connectivity index (χ4v) is 1.69. The van der Waals surface area contributed by atoms with Crippen molar-refractivity contribution in [3.05, 3.63) is 0 Å². The predicted molar refractivity (Wildman–Crippen MR) is 82.7 cm³/mol. The van der Waals surface area contributed by atoms with Crippen LogP contribution >= 0.6 is 12.6 Å². The summed E-state index contributed by atoms with van der Waals surface area (Å²) in [5.41, 5.74) is 5.38. The van der Waals surface area contributed by atoms with Crippen LogP contribution in [0.25, 0.3) is 0 Å². The van der Waals surface area contributed by atoms with E-state index < -0.39 is 18.0 Å². The third-order valence-electron chi connectivity index (χ3n) is 2.70. The van der Waals surface area contributed by atoms with E-state index in [0.29, 0.717) is 6.42 Å². The number of unbranched alkanes of at least 4 members (excludes halogenated alkanes) is 6. The maximum absolute atomic E-state index is 11.3. The van der Waals surface area contributed by atoms with Gasteiger partial charge in [-0.1, -0.05) is 45.4 Å². The van der Waals surface area contributed by atoms with Gasteiger partial charge in [0.05, 0.1) is 0 Å². The number of rotatable bonds is 10. The van der Waals surface area contributed by atoms with Crippen molar-refractivity contribution in [2.45, 2.75) is 64.3 Å². The van der Waals surface area contributed by atoms with Crippen LogP contribution in [0.5, 0.6) is 0 Å². The molecular formula is C13H26NNaO3S. The molecule has 2 N–H and O–H groups in total. The topological polar surface area (TPSA) is 69.4 Å². The van der Waals surface area contributed by atoms with E-state index in [1.807, 2.05) is 0 Å². The Kier molecular flexibility index (Phi) is 17.0. The summed E-state index contributed by atoms with van der Waals surface area (Å²) in [7, 11) is 0. The molecule has 0 heterocycles. The van der Waals surface area contributed by atoms with Gasteiger partial charge in [0.15, 0.2) is 0 Å². The fourth-order valence-electron chi connectivity index (χ4n) is 1.54. The average molecular weight is 299 g/mol. The summed E-state index contributed by atoms with van der Waals surface area (Å²) in [4.78, 5) is 22.5. The van der Waals surface area contributed by atoms with Gasteiger partial charge >= 0.3 is 41.5 Å². The number of carbonyl (C=O) groups is 2. The second-order valence-corrected chi connectivity index (χ2v) is 4.82. The normalized spacial score (nSPS) is 11.5. The number of esters is 2. The van der Waals surface area contributed by atoms with Gasteiger partial charge in [-0.2, -0.15) is 12.6 Å². The van der Waals surface area contributed by atoms with E-state index in [2.05, 4.69) is 24.3 Å². The molecule has 0 amide bonds. The van der Waals surface area contributed by atoms with Gasteiger partial charge in [0.1, 0.15) is 6.04 Å². The van der Waals surface area contributed by atoms with Crippen LogP contribution in [0, 0.1) is 0 Å². The molecule has 1 unspecified atom stereocenters. The van der Waals surface area contributed by atoms with E-state index in [0.717, 1.165) is 19.3 Å². The predicted octanol–water partition coefficient (Wildman–Crippen LogP) is 1.81. The van der Waals surface area contributed by atoms with E-state index in [4.69, 9.17) is 5.73 Å². The minimum atomic E-state index is -0.814. The van der Waals surface area contributed by atoms with Gasteiger partial charge in [-0.25, -0.2) is 4.79 Å². The summed E-state index contributed by atoms with van der Waals surface area (Å²) >= 11 is 3.87. The van der Waals surface area contributed by atoms with Crippen molar-refractivity contribution >= 4 is 54.1 Å². The summed E-state index contributed by atoms with van der Waals surface area (Å²) in [6.07, 6.45) is 8.19. The van der Waals surface area contributed by atoms with Crippen molar-refractivity contribution < 1.29 is 14.3 Å². The minimum absolute atomic E-state index is 0. The van der Waals surface area contributed by atoms with E-state index in [9.17, 15) is 9.59 Å². The molecule has 0 bridgehead atoms. The quantitative estimate of drug-likeness (QED) is 0.212. The molecule has 0 spiro atoms. The third-order valence-corrected chi connectivity index (χ3v) is 3.09. The Bertz CT molecular complexity index is 252. The first kappa shape index (κ1) is 21.7. The molecular weight excluding hydrogens is 273 g/mol.